The quantitative estimate of drug-likeness (QED) is 0.216. The first-order valence-electron chi connectivity index (χ1n) is 9.37. The number of hydrogen-bond donors (Lipinski definition) is 2. The zero-order valence-electron chi connectivity index (χ0n) is 17.8. The van der Waals surface area contributed by atoms with E-state index in [2.05, 4.69) is 44.7 Å². The van der Waals surface area contributed by atoms with Gasteiger partial charge in [0.15, 0.2) is 0 Å². The summed E-state index contributed by atoms with van der Waals surface area (Å²) in [7, 11) is 1.59. The smallest absolute Gasteiger partial charge is 0.136 e. The Labute approximate surface area is 182 Å². The van der Waals surface area contributed by atoms with Crippen molar-refractivity contribution in [2.75, 3.05) is 12.4 Å². The van der Waals surface area contributed by atoms with Gasteiger partial charge >= 0.3 is 0 Å². The summed E-state index contributed by atoms with van der Waals surface area (Å²) in [5.74, 6) is 1.27. The number of halogens is 1. The number of methoxy groups -OCH3 is 1. The first-order chi connectivity index (χ1) is 14.2. The van der Waals surface area contributed by atoms with E-state index in [-0.39, 0.29) is 4.90 Å². The van der Waals surface area contributed by atoms with Crippen LogP contribution < -0.4 is 10.1 Å². The van der Waals surface area contributed by atoms with E-state index in [4.69, 9.17) is 4.74 Å². The van der Waals surface area contributed by atoms with E-state index < -0.39 is 5.82 Å². The van der Waals surface area contributed by atoms with E-state index in [9.17, 15) is 4.39 Å². The summed E-state index contributed by atoms with van der Waals surface area (Å²) in [5, 5.41) is 11.6. The molecule has 0 radical (unpaired) electrons. The molecule has 2 aromatic rings. The van der Waals surface area contributed by atoms with Crippen LogP contribution in [0, 0.1) is 12.7 Å². The van der Waals surface area contributed by atoms with Crippen LogP contribution in [0.25, 0.3) is 0 Å². The zero-order chi connectivity index (χ0) is 22.3. The number of azo groups is 1. The molecule has 0 amide bonds. The van der Waals surface area contributed by atoms with Crippen molar-refractivity contribution in [2.24, 2.45) is 20.2 Å². The molecule has 0 spiro atoms. The highest BCUT2D eigenvalue weighted by Crippen LogP contribution is 2.35. The van der Waals surface area contributed by atoms with Gasteiger partial charge in [-0.3, -0.25) is 0 Å². The van der Waals surface area contributed by atoms with E-state index in [1.54, 1.807) is 13.2 Å². The van der Waals surface area contributed by atoms with E-state index in [1.807, 2.05) is 33.8 Å². The molecule has 1 N–H and O–H groups in total. The molecule has 8 heteroatoms. The van der Waals surface area contributed by atoms with E-state index in [1.165, 1.54) is 18.2 Å². The third-order valence-corrected chi connectivity index (χ3v) is 4.50. The molecule has 6 nitrogen and oxygen atoms in total. The van der Waals surface area contributed by atoms with Crippen molar-refractivity contribution < 1.29 is 9.13 Å². The van der Waals surface area contributed by atoms with Gasteiger partial charge in [-0.05, 0) is 57.0 Å². The number of ether oxygens (including phenoxy) is 1. The Bertz CT molecular complexity index is 1030. The first kappa shape index (κ1) is 23.3. The lowest BCUT2D eigenvalue weighted by atomic mass is 10.1. The Hall–Kier alpha value is -3.00. The van der Waals surface area contributed by atoms with E-state index in [0.29, 0.717) is 34.5 Å². The summed E-state index contributed by atoms with van der Waals surface area (Å²) in [6.45, 7) is 11.7. The topological polar surface area (TPSA) is 70.7 Å². The van der Waals surface area contributed by atoms with Gasteiger partial charge < -0.3 is 10.1 Å². The third kappa shape index (κ3) is 6.52. The van der Waals surface area contributed by atoms with Crippen molar-refractivity contribution in [1.82, 2.24) is 0 Å². The minimum Gasteiger partial charge on any atom is -0.496 e. The maximum Gasteiger partial charge on any atom is 0.136 e. The molecule has 0 saturated heterocycles. The van der Waals surface area contributed by atoms with Crippen molar-refractivity contribution >= 4 is 41.2 Å². The fourth-order valence-electron chi connectivity index (χ4n) is 2.51. The maximum absolute atomic E-state index is 13.4. The van der Waals surface area contributed by atoms with Crippen LogP contribution in [-0.2, 0) is 0 Å². The van der Waals surface area contributed by atoms with E-state index >= 15 is 0 Å². The molecule has 0 aliphatic rings. The average Bonchev–Trinajstić information content (AvgIpc) is 2.69. The van der Waals surface area contributed by atoms with Crippen LogP contribution in [0.3, 0.4) is 0 Å². The Morgan fingerprint density at radius 1 is 1.17 bits per heavy atom. The number of nitrogens with zero attached hydrogens (tertiary/aromatic N) is 4. The Kier molecular flexibility index (Phi) is 8.29. The fourth-order valence-corrected chi connectivity index (χ4v) is 2.72. The molecule has 30 heavy (non-hydrogen) atoms. The lowest BCUT2D eigenvalue weighted by Crippen LogP contribution is -2.01. The molecule has 2 aromatic carbocycles. The maximum atomic E-state index is 13.4. The highest BCUT2D eigenvalue weighted by Gasteiger charge is 2.09. The van der Waals surface area contributed by atoms with Gasteiger partial charge in [0.25, 0.3) is 0 Å². The van der Waals surface area contributed by atoms with Gasteiger partial charge in [-0.15, -0.1) is 17.7 Å². The Morgan fingerprint density at radius 3 is 2.53 bits per heavy atom. The zero-order valence-corrected chi connectivity index (χ0v) is 18.7. The number of anilines is 1. The van der Waals surface area contributed by atoms with Crippen LogP contribution in [0.1, 0.15) is 32.8 Å². The lowest BCUT2D eigenvalue weighted by molar-refractivity contribution is 0.412. The number of aryl methyl sites for hydroxylation is 1. The van der Waals surface area contributed by atoms with Gasteiger partial charge in [0, 0.05) is 16.7 Å². The van der Waals surface area contributed by atoms with Gasteiger partial charge in [0.05, 0.1) is 18.5 Å². The molecular weight excluding hydrogens is 401 g/mol. The largest absolute Gasteiger partial charge is 0.496 e. The summed E-state index contributed by atoms with van der Waals surface area (Å²) in [4.78, 5) is 8.98. The number of aliphatic imine (C=N–C) groups is 2. The van der Waals surface area contributed by atoms with Gasteiger partial charge in [-0.2, -0.15) is 5.11 Å². The van der Waals surface area contributed by atoms with Crippen LogP contribution in [0.2, 0.25) is 0 Å². The molecule has 0 aliphatic heterocycles. The predicted octanol–water partition coefficient (Wildman–Crippen LogP) is 7.02. The molecule has 158 valence electrons. The molecule has 0 atom stereocenters. The standard InChI is InChI=1S/C22H26FN5OS/c1-7-14(3)24-15(4)25-16(5)26-19-10-13(2)21(29-6)12-20(19)28-27-17-8-9-18(23)22(30)11-17/h8-12,26,30H,5,7H2,1-4,6H3/b24-14?,25-15-,28-27?. The predicted molar refractivity (Wildman–Crippen MR) is 125 cm³/mol. The Balaban J connectivity index is 2.35. The van der Waals surface area contributed by atoms with Crippen LogP contribution in [0.4, 0.5) is 21.5 Å². The van der Waals surface area contributed by atoms with Gasteiger partial charge in [0.1, 0.15) is 28.9 Å². The van der Waals surface area contributed by atoms with E-state index in [0.717, 1.165) is 17.7 Å². The van der Waals surface area contributed by atoms with Crippen LogP contribution in [0.15, 0.2) is 67.8 Å². The second kappa shape index (κ2) is 10.7. The summed E-state index contributed by atoms with van der Waals surface area (Å²) in [5.41, 5.74) is 3.55. The highest BCUT2D eigenvalue weighted by molar-refractivity contribution is 7.80. The minimum absolute atomic E-state index is 0.201. The van der Waals surface area contributed by atoms with Crippen molar-refractivity contribution in [3.05, 3.63) is 54.1 Å². The number of hydrogen-bond acceptors (Lipinski definition) is 6. The lowest BCUT2D eigenvalue weighted by Gasteiger charge is -2.12. The average molecular weight is 428 g/mol. The number of benzene rings is 2. The molecule has 2 rings (SSSR count). The van der Waals surface area contributed by atoms with Crippen molar-refractivity contribution in [1.29, 1.82) is 0 Å². The number of rotatable bonds is 7. The van der Waals surface area contributed by atoms with Crippen molar-refractivity contribution in [2.45, 2.75) is 39.0 Å². The monoisotopic (exact) mass is 427 g/mol. The summed E-state index contributed by atoms with van der Waals surface area (Å²) < 4.78 is 18.8. The van der Waals surface area contributed by atoms with Gasteiger partial charge in [0.2, 0.25) is 0 Å². The summed E-state index contributed by atoms with van der Waals surface area (Å²) >= 11 is 4.07. The molecule has 0 heterocycles. The highest BCUT2D eigenvalue weighted by atomic mass is 32.1. The number of nitrogens with one attached hydrogen (secondary N) is 1. The molecule has 0 bridgehead atoms. The van der Waals surface area contributed by atoms with Crippen molar-refractivity contribution in [3.63, 3.8) is 0 Å². The molecule has 0 saturated carbocycles. The SMILES string of the molecule is C=C(/N=C(/C)N=C(C)CC)Nc1cc(C)c(OC)cc1N=Nc1ccc(F)c(S)c1. The normalized spacial score (nSPS) is 12.4. The number of amidine groups is 1. The Morgan fingerprint density at radius 2 is 1.90 bits per heavy atom. The summed E-state index contributed by atoms with van der Waals surface area (Å²) in [6, 6.07) is 7.95. The van der Waals surface area contributed by atoms with Gasteiger partial charge in [-0.1, -0.05) is 13.5 Å². The van der Waals surface area contributed by atoms with Crippen LogP contribution >= 0.6 is 12.6 Å². The fraction of sp³-hybridized carbons (Fsp3) is 0.273. The molecule has 0 aromatic heterocycles. The first-order valence-corrected chi connectivity index (χ1v) is 9.82. The molecule has 0 fully saturated rings. The number of thiol groups is 1. The van der Waals surface area contributed by atoms with Crippen molar-refractivity contribution in [3.8, 4) is 5.75 Å². The molecule has 0 aliphatic carbocycles. The molecule has 0 unspecified atom stereocenters. The second-order valence-corrected chi connectivity index (χ2v) is 7.09. The van der Waals surface area contributed by atoms with Crippen LogP contribution in [0.5, 0.6) is 5.75 Å². The third-order valence-electron chi connectivity index (χ3n) is 4.16. The van der Waals surface area contributed by atoms with Crippen LogP contribution in [-0.4, -0.2) is 18.7 Å². The molecular formula is C22H26FN5OS. The minimum atomic E-state index is -0.415. The second-order valence-electron chi connectivity index (χ2n) is 6.61. The summed E-state index contributed by atoms with van der Waals surface area (Å²) in [6.07, 6.45) is 0.854. The van der Waals surface area contributed by atoms with Gasteiger partial charge in [-0.25, -0.2) is 14.4 Å².